The summed E-state index contributed by atoms with van der Waals surface area (Å²) in [4.78, 5) is 21.0. The number of hydrogen-bond acceptors (Lipinski definition) is 4. The molecule has 1 fully saturated rings. The van der Waals surface area contributed by atoms with Gasteiger partial charge in [-0.3, -0.25) is 9.79 Å². The molecule has 1 aliphatic rings. The summed E-state index contributed by atoms with van der Waals surface area (Å²) in [6.45, 7) is 1.96. The second-order valence-electron chi connectivity index (χ2n) is 5.97. The van der Waals surface area contributed by atoms with Gasteiger partial charge in [-0.25, -0.2) is 4.98 Å². The first-order valence-corrected chi connectivity index (χ1v) is 8.93. The third-order valence-corrected chi connectivity index (χ3v) is 4.89. The number of nitrogens with two attached hydrogens (primary N) is 1. The van der Waals surface area contributed by atoms with Crippen molar-refractivity contribution in [3.05, 3.63) is 16.1 Å². The zero-order valence-corrected chi connectivity index (χ0v) is 17.5. The van der Waals surface area contributed by atoms with Gasteiger partial charge in [0.05, 0.1) is 5.01 Å². The number of rotatable bonds is 5. The van der Waals surface area contributed by atoms with Gasteiger partial charge >= 0.3 is 6.18 Å². The van der Waals surface area contributed by atoms with Crippen LogP contribution < -0.4 is 11.1 Å². The normalized spacial score (nSPS) is 18.4. The number of thiazole rings is 1. The van der Waals surface area contributed by atoms with Gasteiger partial charge in [0.2, 0.25) is 5.91 Å². The fourth-order valence-electron chi connectivity index (χ4n) is 2.88. The molecule has 2 heterocycles. The molecular weight excluding hydrogens is 482 g/mol. The van der Waals surface area contributed by atoms with Gasteiger partial charge in [-0.1, -0.05) is 0 Å². The second-order valence-corrected chi connectivity index (χ2v) is 6.92. The molecule has 2 rings (SSSR count). The summed E-state index contributed by atoms with van der Waals surface area (Å²) in [5.41, 5.74) is 4.42. The van der Waals surface area contributed by atoms with Gasteiger partial charge in [0.1, 0.15) is 0 Å². The number of carbonyl (C=O) groups is 1. The lowest BCUT2D eigenvalue weighted by molar-refractivity contribution is -0.140. The van der Waals surface area contributed by atoms with Crippen LogP contribution in [0.2, 0.25) is 0 Å². The SMILES string of the molecule is CN=C(NCCc1nc(C(F)(F)F)cs1)N1CCCC(CC(N)=O)C1.I. The van der Waals surface area contributed by atoms with Crippen LogP contribution in [0.1, 0.15) is 30.0 Å². The largest absolute Gasteiger partial charge is 0.434 e. The van der Waals surface area contributed by atoms with Gasteiger partial charge in [-0.05, 0) is 18.8 Å². The molecule has 1 amide bonds. The number of primary amides is 1. The van der Waals surface area contributed by atoms with Crippen molar-refractivity contribution >= 4 is 47.2 Å². The van der Waals surface area contributed by atoms with Crippen molar-refractivity contribution in [2.75, 3.05) is 26.7 Å². The predicted molar refractivity (Wildman–Crippen MR) is 106 cm³/mol. The maximum absolute atomic E-state index is 12.5. The van der Waals surface area contributed by atoms with Gasteiger partial charge in [0.15, 0.2) is 11.7 Å². The van der Waals surface area contributed by atoms with E-state index in [2.05, 4.69) is 20.2 Å². The maximum Gasteiger partial charge on any atom is 0.434 e. The summed E-state index contributed by atoms with van der Waals surface area (Å²) in [6.07, 6.45) is -1.76. The van der Waals surface area contributed by atoms with Gasteiger partial charge in [0, 0.05) is 44.9 Å². The van der Waals surface area contributed by atoms with Crippen molar-refractivity contribution in [1.82, 2.24) is 15.2 Å². The standard InChI is InChI=1S/C15H22F3N5OS.HI/c1-20-14(23-6-2-3-10(8-23)7-12(19)24)21-5-4-13-22-11(9-25-13)15(16,17)18;/h9-10H,2-8H2,1H3,(H2,19,24)(H,20,21);1H. The minimum absolute atomic E-state index is 0. The van der Waals surface area contributed by atoms with Crippen LogP contribution in [0, 0.1) is 5.92 Å². The Morgan fingerprint density at radius 2 is 2.27 bits per heavy atom. The molecule has 148 valence electrons. The van der Waals surface area contributed by atoms with E-state index in [-0.39, 0.29) is 35.8 Å². The van der Waals surface area contributed by atoms with E-state index >= 15 is 0 Å². The number of amides is 1. The Morgan fingerprint density at radius 3 is 2.85 bits per heavy atom. The van der Waals surface area contributed by atoms with Gasteiger partial charge in [-0.15, -0.1) is 35.3 Å². The van der Waals surface area contributed by atoms with E-state index in [9.17, 15) is 18.0 Å². The Kier molecular flexibility index (Phi) is 9.07. The van der Waals surface area contributed by atoms with Crippen molar-refractivity contribution in [1.29, 1.82) is 0 Å². The van der Waals surface area contributed by atoms with E-state index in [4.69, 9.17) is 5.73 Å². The lowest BCUT2D eigenvalue weighted by atomic mass is 9.95. The fraction of sp³-hybridized carbons (Fsp3) is 0.667. The Labute approximate surface area is 171 Å². The molecule has 1 aromatic heterocycles. The predicted octanol–water partition coefficient (Wildman–Crippen LogP) is 2.49. The second kappa shape index (κ2) is 10.3. The van der Waals surface area contributed by atoms with Crippen molar-refractivity contribution in [2.45, 2.75) is 31.9 Å². The average Bonchev–Trinajstić information content (AvgIpc) is 3.00. The highest BCUT2D eigenvalue weighted by Gasteiger charge is 2.33. The number of aliphatic imine (C=N–C) groups is 1. The molecule has 11 heteroatoms. The summed E-state index contributed by atoms with van der Waals surface area (Å²) in [6, 6.07) is 0. The summed E-state index contributed by atoms with van der Waals surface area (Å²) >= 11 is 1.00. The molecule has 3 N–H and O–H groups in total. The molecule has 0 radical (unpaired) electrons. The average molecular weight is 505 g/mol. The van der Waals surface area contributed by atoms with E-state index in [0.717, 1.165) is 36.1 Å². The van der Waals surface area contributed by atoms with Crippen LogP contribution >= 0.6 is 35.3 Å². The lowest BCUT2D eigenvalue weighted by Crippen LogP contribution is -2.47. The Bertz CT molecular complexity index is 623. The molecule has 1 unspecified atom stereocenters. The van der Waals surface area contributed by atoms with Crippen molar-refractivity contribution < 1.29 is 18.0 Å². The number of nitrogens with zero attached hydrogens (tertiary/aromatic N) is 3. The molecule has 0 aromatic carbocycles. The molecule has 1 saturated heterocycles. The van der Waals surface area contributed by atoms with E-state index in [1.807, 2.05) is 0 Å². The zero-order valence-electron chi connectivity index (χ0n) is 14.4. The van der Waals surface area contributed by atoms with Crippen LogP contribution in [-0.4, -0.2) is 48.4 Å². The first-order valence-electron chi connectivity index (χ1n) is 8.05. The number of carbonyl (C=O) groups excluding carboxylic acids is 1. The van der Waals surface area contributed by atoms with Crippen molar-refractivity contribution in [2.24, 2.45) is 16.6 Å². The van der Waals surface area contributed by atoms with Crippen LogP contribution in [0.4, 0.5) is 13.2 Å². The maximum atomic E-state index is 12.5. The van der Waals surface area contributed by atoms with Gasteiger partial charge < -0.3 is 16.0 Å². The molecule has 0 aliphatic carbocycles. The molecule has 0 saturated carbocycles. The highest BCUT2D eigenvalue weighted by atomic mass is 127. The van der Waals surface area contributed by atoms with Crippen LogP contribution in [-0.2, 0) is 17.4 Å². The summed E-state index contributed by atoms with van der Waals surface area (Å²) in [5.74, 6) is 0.582. The van der Waals surface area contributed by atoms with Crippen LogP contribution in [0.25, 0.3) is 0 Å². The van der Waals surface area contributed by atoms with Crippen LogP contribution in [0.3, 0.4) is 0 Å². The molecule has 1 aliphatic heterocycles. The third-order valence-electron chi connectivity index (χ3n) is 3.98. The van der Waals surface area contributed by atoms with E-state index in [0.29, 0.717) is 36.9 Å². The van der Waals surface area contributed by atoms with Crippen LogP contribution in [0.15, 0.2) is 10.4 Å². The minimum atomic E-state index is -4.40. The first kappa shape index (κ1) is 22.9. The van der Waals surface area contributed by atoms with Gasteiger partial charge in [0.25, 0.3) is 0 Å². The summed E-state index contributed by atoms with van der Waals surface area (Å²) < 4.78 is 37.6. The molecular formula is C15H23F3IN5OS. The molecule has 0 spiro atoms. The number of guanidine groups is 1. The molecule has 1 atom stereocenters. The minimum Gasteiger partial charge on any atom is -0.370 e. The molecule has 1 aromatic rings. The quantitative estimate of drug-likeness (QED) is 0.366. The Morgan fingerprint density at radius 1 is 1.54 bits per heavy atom. The summed E-state index contributed by atoms with van der Waals surface area (Å²) in [7, 11) is 1.66. The molecule has 26 heavy (non-hydrogen) atoms. The molecule has 0 bridgehead atoms. The first-order chi connectivity index (χ1) is 11.8. The number of alkyl halides is 3. The molecule has 6 nitrogen and oxygen atoms in total. The Balaban J connectivity index is 0.00000338. The monoisotopic (exact) mass is 505 g/mol. The number of halogens is 4. The zero-order chi connectivity index (χ0) is 18.4. The summed E-state index contributed by atoms with van der Waals surface area (Å²) in [5, 5.41) is 4.62. The van der Waals surface area contributed by atoms with E-state index < -0.39 is 11.9 Å². The van der Waals surface area contributed by atoms with E-state index in [1.54, 1.807) is 7.05 Å². The Hall–Kier alpha value is -1.11. The number of piperidine rings is 1. The highest BCUT2D eigenvalue weighted by Crippen LogP contribution is 2.30. The fourth-order valence-corrected chi connectivity index (χ4v) is 3.68. The smallest absolute Gasteiger partial charge is 0.370 e. The number of likely N-dealkylation sites (tertiary alicyclic amines) is 1. The van der Waals surface area contributed by atoms with E-state index in [1.165, 1.54) is 0 Å². The lowest BCUT2D eigenvalue weighted by Gasteiger charge is -2.34. The number of nitrogens with one attached hydrogen (secondary N) is 1. The topological polar surface area (TPSA) is 83.6 Å². The van der Waals surface area contributed by atoms with Crippen LogP contribution in [0.5, 0.6) is 0 Å². The van der Waals surface area contributed by atoms with Gasteiger partial charge in [-0.2, -0.15) is 13.2 Å². The highest BCUT2D eigenvalue weighted by molar-refractivity contribution is 14.0. The van der Waals surface area contributed by atoms with Crippen molar-refractivity contribution in [3.8, 4) is 0 Å². The number of aromatic nitrogens is 1. The van der Waals surface area contributed by atoms with Crippen molar-refractivity contribution in [3.63, 3.8) is 0 Å². The number of hydrogen-bond donors (Lipinski definition) is 2. The third kappa shape index (κ3) is 6.89.